The average Bonchev–Trinajstić information content (AvgIpc) is 3.22. The lowest BCUT2D eigenvalue weighted by Crippen LogP contribution is -2.48. The fourth-order valence-electron chi connectivity index (χ4n) is 3.20. The Kier molecular flexibility index (Phi) is 6.36. The van der Waals surface area contributed by atoms with Gasteiger partial charge in [-0.25, -0.2) is 9.29 Å². The molecule has 1 unspecified atom stereocenters. The summed E-state index contributed by atoms with van der Waals surface area (Å²) in [6.45, 7) is -0.0594. The van der Waals surface area contributed by atoms with Gasteiger partial charge in [0.1, 0.15) is 16.5 Å². The van der Waals surface area contributed by atoms with Crippen molar-refractivity contribution < 1.29 is 28.6 Å². The number of thiophene rings is 1. The standard InChI is InChI=1S/C21H18ClFN4O5S/c1-31-14-5-6-16(26-19(14)32-2)27-20(29)17-13(25-21(27)30)8-15(33-17)18(28)24-9-10-3-4-11(22)7-12(10)23/h3-8,21,25,30H,9H2,1-2H3,(H,24,28). The summed E-state index contributed by atoms with van der Waals surface area (Å²) in [4.78, 5) is 31.4. The monoisotopic (exact) mass is 492 g/mol. The highest BCUT2D eigenvalue weighted by molar-refractivity contribution is 7.16. The number of nitrogens with zero attached hydrogens (tertiary/aromatic N) is 2. The van der Waals surface area contributed by atoms with Crippen molar-refractivity contribution >= 4 is 46.3 Å². The molecule has 3 aromatic rings. The van der Waals surface area contributed by atoms with E-state index in [1.807, 2.05) is 0 Å². The number of carbonyl (C=O) groups is 2. The molecule has 1 aliphatic rings. The van der Waals surface area contributed by atoms with E-state index in [2.05, 4.69) is 15.6 Å². The first-order valence-corrected chi connectivity index (χ1v) is 10.7. The number of hydrogen-bond donors (Lipinski definition) is 3. The Morgan fingerprint density at radius 3 is 2.79 bits per heavy atom. The zero-order chi connectivity index (χ0) is 23.7. The molecule has 0 radical (unpaired) electrons. The number of amides is 2. The molecule has 0 fully saturated rings. The smallest absolute Gasteiger partial charge is 0.275 e. The largest absolute Gasteiger partial charge is 0.491 e. The van der Waals surface area contributed by atoms with Crippen molar-refractivity contribution in [3.63, 3.8) is 0 Å². The number of nitrogens with one attached hydrogen (secondary N) is 2. The Bertz CT molecular complexity index is 1240. The molecular formula is C21H18ClFN4O5S. The first kappa shape index (κ1) is 22.8. The van der Waals surface area contributed by atoms with E-state index in [9.17, 15) is 19.1 Å². The summed E-state index contributed by atoms with van der Waals surface area (Å²) in [5.74, 6) is -0.956. The molecule has 4 rings (SSSR count). The average molecular weight is 493 g/mol. The molecule has 9 nitrogen and oxygen atoms in total. The van der Waals surface area contributed by atoms with Crippen LogP contribution in [0.4, 0.5) is 15.9 Å². The highest BCUT2D eigenvalue weighted by Gasteiger charge is 2.36. The molecule has 0 saturated carbocycles. The van der Waals surface area contributed by atoms with Crippen molar-refractivity contribution in [3.05, 3.63) is 62.6 Å². The maximum Gasteiger partial charge on any atom is 0.275 e. The van der Waals surface area contributed by atoms with Gasteiger partial charge < -0.3 is 25.2 Å². The molecule has 3 N–H and O–H groups in total. The number of rotatable bonds is 6. The second-order valence-corrected chi connectivity index (χ2v) is 8.33. The minimum atomic E-state index is -1.43. The van der Waals surface area contributed by atoms with E-state index in [1.165, 1.54) is 38.5 Å². The van der Waals surface area contributed by atoms with Crippen LogP contribution in [0.1, 0.15) is 24.9 Å². The van der Waals surface area contributed by atoms with E-state index < -0.39 is 24.0 Å². The summed E-state index contributed by atoms with van der Waals surface area (Å²) in [7, 11) is 2.85. The molecule has 0 spiro atoms. The first-order valence-electron chi connectivity index (χ1n) is 9.55. The van der Waals surface area contributed by atoms with Crippen LogP contribution in [-0.4, -0.2) is 42.5 Å². The van der Waals surface area contributed by atoms with Crippen molar-refractivity contribution in [3.8, 4) is 11.6 Å². The molecule has 0 aliphatic carbocycles. The van der Waals surface area contributed by atoms with Crippen LogP contribution in [0.3, 0.4) is 0 Å². The number of ether oxygens (including phenoxy) is 2. The summed E-state index contributed by atoms with van der Waals surface area (Å²) >= 11 is 6.68. The first-order chi connectivity index (χ1) is 15.8. The van der Waals surface area contributed by atoms with Crippen LogP contribution < -0.4 is 25.0 Å². The van der Waals surface area contributed by atoms with Crippen LogP contribution in [0.2, 0.25) is 5.02 Å². The highest BCUT2D eigenvalue weighted by atomic mass is 35.5. The summed E-state index contributed by atoms with van der Waals surface area (Å²) < 4.78 is 24.3. The van der Waals surface area contributed by atoms with Gasteiger partial charge in [0.15, 0.2) is 5.75 Å². The quantitative estimate of drug-likeness (QED) is 0.484. The minimum Gasteiger partial charge on any atom is -0.491 e. The summed E-state index contributed by atoms with van der Waals surface area (Å²) in [5.41, 5.74) is 0.571. The molecule has 1 atom stereocenters. The van der Waals surface area contributed by atoms with Crippen LogP contribution >= 0.6 is 22.9 Å². The Morgan fingerprint density at radius 2 is 2.09 bits per heavy atom. The van der Waals surface area contributed by atoms with E-state index in [0.717, 1.165) is 22.3 Å². The topological polar surface area (TPSA) is 113 Å². The normalized spacial score (nSPS) is 15.0. The van der Waals surface area contributed by atoms with Gasteiger partial charge in [0.25, 0.3) is 17.7 Å². The number of fused-ring (bicyclic) bond motifs is 1. The molecule has 2 aromatic heterocycles. The SMILES string of the molecule is COc1ccc(N2C(=O)c3sc(C(=O)NCc4ccc(Cl)cc4F)cc3NC2O)nc1OC. The fraction of sp³-hybridized carbons (Fsp3) is 0.190. The Balaban J connectivity index is 1.54. The van der Waals surface area contributed by atoms with E-state index in [1.54, 1.807) is 6.07 Å². The van der Waals surface area contributed by atoms with Gasteiger partial charge in [0.05, 0.1) is 24.8 Å². The van der Waals surface area contributed by atoms with E-state index in [4.69, 9.17) is 21.1 Å². The Labute approximate surface area is 196 Å². The molecule has 1 aliphatic heterocycles. The summed E-state index contributed by atoms with van der Waals surface area (Å²) in [5, 5.41) is 16.2. The van der Waals surface area contributed by atoms with Crippen LogP contribution in [0.25, 0.3) is 0 Å². The van der Waals surface area contributed by atoms with Gasteiger partial charge in [0, 0.05) is 17.1 Å². The number of aliphatic hydroxyl groups excluding tert-OH is 1. The zero-order valence-corrected chi connectivity index (χ0v) is 19.0. The van der Waals surface area contributed by atoms with E-state index in [0.29, 0.717) is 11.4 Å². The number of carbonyl (C=O) groups excluding carboxylic acids is 2. The molecule has 33 heavy (non-hydrogen) atoms. The molecular weight excluding hydrogens is 475 g/mol. The zero-order valence-electron chi connectivity index (χ0n) is 17.4. The van der Waals surface area contributed by atoms with Gasteiger partial charge in [-0.15, -0.1) is 11.3 Å². The Hall–Kier alpha value is -3.41. The third-order valence-corrected chi connectivity index (χ3v) is 6.18. The van der Waals surface area contributed by atoms with Gasteiger partial charge >= 0.3 is 0 Å². The lowest BCUT2D eigenvalue weighted by atomic mass is 10.2. The highest BCUT2D eigenvalue weighted by Crippen LogP contribution is 2.36. The predicted molar refractivity (Wildman–Crippen MR) is 121 cm³/mol. The third kappa shape index (κ3) is 4.42. The van der Waals surface area contributed by atoms with Crippen molar-refractivity contribution in [1.82, 2.24) is 10.3 Å². The number of benzene rings is 1. The summed E-state index contributed by atoms with van der Waals surface area (Å²) in [6, 6.07) is 8.67. The summed E-state index contributed by atoms with van der Waals surface area (Å²) in [6.07, 6.45) is -1.43. The number of aromatic nitrogens is 1. The van der Waals surface area contributed by atoms with Crippen LogP contribution in [0, 0.1) is 5.82 Å². The van der Waals surface area contributed by atoms with Crippen molar-refractivity contribution in [2.75, 3.05) is 24.4 Å². The molecule has 3 heterocycles. The maximum atomic E-state index is 13.9. The van der Waals surface area contributed by atoms with Gasteiger partial charge in [-0.1, -0.05) is 17.7 Å². The number of hydrogen-bond acceptors (Lipinski definition) is 8. The number of halogens is 2. The lowest BCUT2D eigenvalue weighted by molar-refractivity contribution is 0.0902. The molecule has 172 valence electrons. The van der Waals surface area contributed by atoms with Crippen LogP contribution in [0.15, 0.2) is 36.4 Å². The van der Waals surface area contributed by atoms with Gasteiger partial charge in [-0.05, 0) is 30.3 Å². The van der Waals surface area contributed by atoms with E-state index >= 15 is 0 Å². The van der Waals surface area contributed by atoms with Crippen molar-refractivity contribution in [2.45, 2.75) is 12.9 Å². The third-order valence-electron chi connectivity index (χ3n) is 4.82. The maximum absolute atomic E-state index is 13.9. The number of pyridine rings is 1. The fourth-order valence-corrected chi connectivity index (χ4v) is 4.34. The predicted octanol–water partition coefficient (Wildman–Crippen LogP) is 3.23. The lowest BCUT2D eigenvalue weighted by Gasteiger charge is -2.32. The Morgan fingerprint density at radius 1 is 1.30 bits per heavy atom. The number of methoxy groups -OCH3 is 2. The minimum absolute atomic E-state index is 0.0594. The molecule has 0 saturated heterocycles. The molecule has 2 amide bonds. The number of anilines is 2. The molecule has 1 aromatic carbocycles. The van der Waals surface area contributed by atoms with Gasteiger partial charge in [0.2, 0.25) is 6.35 Å². The van der Waals surface area contributed by atoms with Crippen LogP contribution in [0.5, 0.6) is 11.6 Å². The second-order valence-electron chi connectivity index (χ2n) is 6.85. The van der Waals surface area contributed by atoms with Gasteiger partial charge in [-0.3, -0.25) is 9.59 Å². The second kappa shape index (κ2) is 9.22. The van der Waals surface area contributed by atoms with Gasteiger partial charge in [-0.2, -0.15) is 4.98 Å². The van der Waals surface area contributed by atoms with E-state index in [-0.39, 0.29) is 38.6 Å². The van der Waals surface area contributed by atoms with Crippen LogP contribution in [-0.2, 0) is 6.54 Å². The van der Waals surface area contributed by atoms with Crippen molar-refractivity contribution in [1.29, 1.82) is 0 Å². The molecule has 0 bridgehead atoms. The molecule has 12 heteroatoms. The van der Waals surface area contributed by atoms with Crippen molar-refractivity contribution in [2.24, 2.45) is 0 Å². The number of aliphatic hydroxyl groups is 1.